The zero-order chi connectivity index (χ0) is 20.7. The van der Waals surface area contributed by atoms with Gasteiger partial charge in [-0.3, -0.25) is 0 Å². The summed E-state index contributed by atoms with van der Waals surface area (Å²) in [6.45, 7) is 7.03. The Bertz CT molecular complexity index is 912. The van der Waals surface area contributed by atoms with Crippen LogP contribution in [-0.4, -0.2) is 24.2 Å². The molecule has 0 aliphatic rings. The van der Waals surface area contributed by atoms with Gasteiger partial charge in [-0.25, -0.2) is 4.99 Å². The summed E-state index contributed by atoms with van der Waals surface area (Å²) in [6, 6.07) is 15.8. The van der Waals surface area contributed by atoms with Gasteiger partial charge in [0, 0.05) is 18.5 Å². The second kappa shape index (κ2) is 9.47. The van der Waals surface area contributed by atoms with Crippen LogP contribution in [0.5, 0.6) is 0 Å². The van der Waals surface area contributed by atoms with Crippen molar-refractivity contribution < 1.29 is 13.9 Å². The molecule has 0 saturated heterocycles. The van der Waals surface area contributed by atoms with Gasteiger partial charge in [-0.2, -0.15) is 0 Å². The Kier molecular flexibility index (Phi) is 6.77. The summed E-state index contributed by atoms with van der Waals surface area (Å²) in [4.78, 5) is 4.67. The number of aliphatic imine (C=N–C) groups is 1. The first-order valence-corrected chi connectivity index (χ1v) is 9.82. The maximum absolute atomic E-state index is 11.0. The highest BCUT2D eigenvalue weighted by Crippen LogP contribution is 2.26. The Hall–Kier alpha value is -2.99. The number of benzene rings is 1. The Morgan fingerprint density at radius 2 is 1.90 bits per heavy atom. The molecule has 6 heteroatoms. The van der Waals surface area contributed by atoms with Crippen molar-refractivity contribution in [2.45, 2.75) is 39.3 Å². The van der Waals surface area contributed by atoms with Crippen LogP contribution in [0.25, 0.3) is 0 Å². The summed E-state index contributed by atoms with van der Waals surface area (Å²) in [7, 11) is 0. The predicted molar refractivity (Wildman–Crippen MR) is 114 cm³/mol. The Morgan fingerprint density at radius 1 is 1.10 bits per heavy atom. The maximum Gasteiger partial charge on any atom is 0.191 e. The van der Waals surface area contributed by atoms with Crippen LogP contribution < -0.4 is 10.6 Å². The van der Waals surface area contributed by atoms with Crippen LogP contribution in [0, 0.1) is 13.8 Å². The van der Waals surface area contributed by atoms with Gasteiger partial charge in [0.1, 0.15) is 22.9 Å². The molecule has 2 heterocycles. The molecule has 2 aromatic heterocycles. The number of hydrogen-bond acceptors (Lipinski definition) is 4. The monoisotopic (exact) mass is 395 g/mol. The van der Waals surface area contributed by atoms with Gasteiger partial charge in [0.2, 0.25) is 0 Å². The normalized spacial score (nSPS) is 13.9. The lowest BCUT2D eigenvalue weighted by molar-refractivity contribution is 0.0601. The topological polar surface area (TPSA) is 82.9 Å². The van der Waals surface area contributed by atoms with Crippen molar-refractivity contribution >= 4 is 5.96 Å². The van der Waals surface area contributed by atoms with Crippen LogP contribution in [0.1, 0.15) is 35.3 Å². The van der Waals surface area contributed by atoms with Gasteiger partial charge < -0.3 is 24.6 Å². The van der Waals surface area contributed by atoms with Gasteiger partial charge in [-0.05, 0) is 44.5 Å². The predicted octanol–water partition coefficient (Wildman–Crippen LogP) is 3.68. The molecule has 154 valence electrons. The third-order valence-corrected chi connectivity index (χ3v) is 4.73. The summed E-state index contributed by atoms with van der Waals surface area (Å²) >= 11 is 0. The van der Waals surface area contributed by atoms with Gasteiger partial charge in [0.15, 0.2) is 5.96 Å². The first-order valence-electron chi connectivity index (χ1n) is 9.82. The van der Waals surface area contributed by atoms with E-state index in [-0.39, 0.29) is 0 Å². The summed E-state index contributed by atoms with van der Waals surface area (Å²) in [5, 5.41) is 17.5. The molecule has 3 N–H and O–H groups in total. The highest BCUT2D eigenvalue weighted by atomic mass is 16.3. The first-order chi connectivity index (χ1) is 13.9. The van der Waals surface area contributed by atoms with Crippen LogP contribution in [0.4, 0.5) is 0 Å². The summed E-state index contributed by atoms with van der Waals surface area (Å²) < 4.78 is 11.0. The second-order valence-electron chi connectivity index (χ2n) is 7.36. The molecule has 1 aromatic carbocycles. The third kappa shape index (κ3) is 5.99. The third-order valence-electron chi connectivity index (χ3n) is 4.73. The van der Waals surface area contributed by atoms with Gasteiger partial charge in [-0.1, -0.05) is 30.3 Å². The summed E-state index contributed by atoms with van der Waals surface area (Å²) in [5.41, 5.74) is 0.811. The van der Waals surface area contributed by atoms with E-state index in [1.165, 1.54) is 0 Å². The largest absolute Gasteiger partial charge is 0.469 e. The molecule has 0 saturated carbocycles. The fourth-order valence-electron chi connectivity index (χ4n) is 3.20. The van der Waals surface area contributed by atoms with E-state index in [1.54, 1.807) is 13.2 Å². The molecule has 3 rings (SSSR count). The number of rotatable bonds is 8. The van der Waals surface area contributed by atoms with Gasteiger partial charge >= 0.3 is 0 Å². The number of aryl methyl sites for hydroxylation is 2. The fraction of sp³-hybridized carbons (Fsp3) is 0.348. The minimum absolute atomic E-state index is 0.300. The Balaban J connectivity index is 1.65. The molecule has 3 aromatic rings. The number of furan rings is 2. The second-order valence-corrected chi connectivity index (χ2v) is 7.36. The average Bonchev–Trinajstić information content (AvgIpc) is 3.33. The van der Waals surface area contributed by atoms with Crippen LogP contribution >= 0.6 is 0 Å². The van der Waals surface area contributed by atoms with Gasteiger partial charge in [0.05, 0.1) is 19.4 Å². The zero-order valence-corrected chi connectivity index (χ0v) is 17.2. The molecule has 0 aliphatic heterocycles. The van der Waals surface area contributed by atoms with Crippen molar-refractivity contribution in [2.75, 3.05) is 13.1 Å². The van der Waals surface area contributed by atoms with E-state index in [4.69, 9.17) is 8.83 Å². The smallest absolute Gasteiger partial charge is 0.191 e. The van der Waals surface area contributed by atoms with Crippen molar-refractivity contribution in [3.8, 4) is 0 Å². The summed E-state index contributed by atoms with van der Waals surface area (Å²) in [5.74, 6) is 3.06. The van der Waals surface area contributed by atoms with Crippen molar-refractivity contribution in [1.82, 2.24) is 10.6 Å². The Morgan fingerprint density at radius 3 is 2.55 bits per heavy atom. The van der Waals surface area contributed by atoms with E-state index in [1.807, 2.05) is 62.4 Å². The number of guanidine groups is 1. The van der Waals surface area contributed by atoms with Crippen molar-refractivity contribution in [2.24, 2.45) is 4.99 Å². The van der Waals surface area contributed by atoms with Crippen LogP contribution in [0.15, 0.2) is 68.6 Å². The molecule has 1 atom stereocenters. The molecule has 0 aliphatic carbocycles. The SMILES string of the molecule is Cc1cc(C(C)(O)CNC(=NCc2ccccc2)NCCc2ccco2)c(C)o1. The van der Waals surface area contributed by atoms with E-state index in [2.05, 4.69) is 15.6 Å². The lowest BCUT2D eigenvalue weighted by atomic mass is 9.96. The van der Waals surface area contributed by atoms with E-state index < -0.39 is 5.60 Å². The number of aliphatic hydroxyl groups is 1. The minimum Gasteiger partial charge on any atom is -0.469 e. The van der Waals surface area contributed by atoms with Crippen molar-refractivity contribution in [1.29, 1.82) is 0 Å². The van der Waals surface area contributed by atoms with Crippen LogP contribution in [0.2, 0.25) is 0 Å². The number of nitrogens with zero attached hydrogens (tertiary/aromatic N) is 1. The molecule has 1 unspecified atom stereocenters. The quantitative estimate of drug-likeness (QED) is 0.400. The standard InChI is InChI=1S/C23H29N3O3/c1-17-14-21(18(2)29-17)23(3,27)16-26-22(24-12-11-20-10-7-13-28-20)25-15-19-8-5-4-6-9-19/h4-10,13-14,27H,11-12,15-16H2,1-3H3,(H2,24,25,26). The lowest BCUT2D eigenvalue weighted by Gasteiger charge is -2.24. The summed E-state index contributed by atoms with van der Waals surface area (Å²) in [6.07, 6.45) is 2.42. The lowest BCUT2D eigenvalue weighted by Crippen LogP contribution is -2.45. The van der Waals surface area contributed by atoms with Gasteiger partial charge in [0.25, 0.3) is 0 Å². The molecule has 0 bridgehead atoms. The Labute approximate surface area is 171 Å². The number of hydrogen-bond donors (Lipinski definition) is 3. The van der Waals surface area contributed by atoms with Crippen LogP contribution in [0.3, 0.4) is 0 Å². The van der Waals surface area contributed by atoms with E-state index in [9.17, 15) is 5.11 Å². The molecule has 0 radical (unpaired) electrons. The molecule has 0 fully saturated rings. The highest BCUT2D eigenvalue weighted by Gasteiger charge is 2.27. The van der Waals surface area contributed by atoms with E-state index in [0.717, 1.165) is 34.8 Å². The molecule has 0 spiro atoms. The van der Waals surface area contributed by atoms with Gasteiger partial charge in [-0.15, -0.1) is 0 Å². The molecule has 0 amide bonds. The van der Waals surface area contributed by atoms with E-state index >= 15 is 0 Å². The zero-order valence-electron chi connectivity index (χ0n) is 17.2. The molecule has 6 nitrogen and oxygen atoms in total. The average molecular weight is 396 g/mol. The molecule has 29 heavy (non-hydrogen) atoms. The minimum atomic E-state index is -1.09. The maximum atomic E-state index is 11.0. The highest BCUT2D eigenvalue weighted by molar-refractivity contribution is 5.79. The first kappa shape index (κ1) is 20.7. The van der Waals surface area contributed by atoms with Crippen molar-refractivity contribution in [3.05, 3.63) is 83.2 Å². The van der Waals surface area contributed by atoms with E-state index in [0.29, 0.717) is 25.6 Å². The molecular weight excluding hydrogens is 366 g/mol. The molecular formula is C23H29N3O3. The fourth-order valence-corrected chi connectivity index (χ4v) is 3.20. The number of nitrogens with one attached hydrogen (secondary N) is 2. The van der Waals surface area contributed by atoms with Crippen LogP contribution in [-0.2, 0) is 18.6 Å². The van der Waals surface area contributed by atoms with Crippen molar-refractivity contribution in [3.63, 3.8) is 0 Å².